The third-order valence-electron chi connectivity index (χ3n) is 3.64. The molecule has 1 aromatic carbocycles. The fourth-order valence-electron chi connectivity index (χ4n) is 2.51. The quantitative estimate of drug-likeness (QED) is 0.927. The average Bonchev–Trinajstić information content (AvgIpc) is 2.34. The lowest BCUT2D eigenvalue weighted by molar-refractivity contribution is 0.219. The largest absolute Gasteiger partial charge is 0.396 e. The fraction of sp³-hybridized carbons (Fsp3) is 0.571. The van der Waals surface area contributed by atoms with Gasteiger partial charge in [0.2, 0.25) is 0 Å². The number of benzene rings is 1. The van der Waals surface area contributed by atoms with Crippen LogP contribution in [0.4, 0.5) is 5.69 Å². The number of likely N-dealkylation sites (N-methyl/N-ethyl adjacent to an activating group) is 1. The first-order valence-electron chi connectivity index (χ1n) is 6.44. The van der Waals surface area contributed by atoms with Crippen LogP contribution >= 0.6 is 15.9 Å². The third-order valence-corrected chi connectivity index (χ3v) is 4.49. The van der Waals surface area contributed by atoms with Crippen LogP contribution in [0.25, 0.3) is 0 Å². The van der Waals surface area contributed by atoms with E-state index in [4.69, 9.17) is 0 Å². The summed E-state index contributed by atoms with van der Waals surface area (Å²) >= 11 is 3.60. The van der Waals surface area contributed by atoms with E-state index in [9.17, 15) is 5.11 Å². The number of aryl methyl sites for hydroxylation is 1. The normalized spacial score (nSPS) is 21.3. The Bertz CT molecular complexity index is 411. The van der Waals surface area contributed by atoms with Crippen LogP contribution < -0.4 is 4.90 Å². The van der Waals surface area contributed by atoms with Crippen LogP contribution in [0, 0.1) is 6.92 Å². The predicted molar refractivity (Wildman–Crippen MR) is 79.2 cm³/mol. The van der Waals surface area contributed by atoms with Gasteiger partial charge in [-0.2, -0.15) is 0 Å². The summed E-state index contributed by atoms with van der Waals surface area (Å²) in [6.45, 7) is 5.47. The first-order valence-corrected chi connectivity index (χ1v) is 7.23. The summed E-state index contributed by atoms with van der Waals surface area (Å²) in [6, 6.07) is 6.91. The van der Waals surface area contributed by atoms with Crippen LogP contribution in [0.5, 0.6) is 0 Å². The summed E-state index contributed by atoms with van der Waals surface area (Å²) in [7, 11) is 2.15. The van der Waals surface area contributed by atoms with Crippen LogP contribution in [0.3, 0.4) is 0 Å². The van der Waals surface area contributed by atoms with Gasteiger partial charge in [0.05, 0.1) is 0 Å². The zero-order valence-corrected chi connectivity index (χ0v) is 12.7. The molecule has 0 aromatic heterocycles. The maximum absolute atomic E-state index is 9.21. The first kappa shape index (κ1) is 13.8. The second-order valence-electron chi connectivity index (χ2n) is 5.06. The Kier molecular flexibility index (Phi) is 4.65. The minimum atomic E-state index is 0.252. The van der Waals surface area contributed by atoms with Crippen molar-refractivity contribution in [2.75, 3.05) is 38.2 Å². The minimum Gasteiger partial charge on any atom is -0.396 e. The number of aliphatic hydroxyl groups is 1. The van der Waals surface area contributed by atoms with E-state index in [0.29, 0.717) is 6.04 Å². The summed E-state index contributed by atoms with van der Waals surface area (Å²) in [5, 5.41) is 9.21. The van der Waals surface area contributed by atoms with E-state index in [-0.39, 0.29) is 6.61 Å². The lowest BCUT2D eigenvalue weighted by atomic mass is 10.1. The predicted octanol–water partition coefficient (Wildman–Crippen LogP) is 2.26. The molecule has 0 radical (unpaired) electrons. The van der Waals surface area contributed by atoms with E-state index < -0.39 is 0 Å². The van der Waals surface area contributed by atoms with Crippen molar-refractivity contribution in [3.05, 3.63) is 28.2 Å². The standard InChI is InChI=1S/C14H21BrN2O/c1-11-3-4-12(9-14(11)15)17-7-6-16(2)10-13(17)5-8-18/h3-4,9,13,18H,5-8,10H2,1-2H3. The van der Waals surface area contributed by atoms with Gasteiger partial charge in [-0.15, -0.1) is 0 Å². The van der Waals surface area contributed by atoms with Gasteiger partial charge in [0.15, 0.2) is 0 Å². The summed E-state index contributed by atoms with van der Waals surface area (Å²) in [4.78, 5) is 4.75. The second-order valence-corrected chi connectivity index (χ2v) is 5.91. The molecule has 1 fully saturated rings. The van der Waals surface area contributed by atoms with Crippen molar-refractivity contribution in [2.24, 2.45) is 0 Å². The lowest BCUT2D eigenvalue weighted by Gasteiger charge is -2.41. The zero-order valence-electron chi connectivity index (χ0n) is 11.1. The summed E-state index contributed by atoms with van der Waals surface area (Å²) in [6.07, 6.45) is 0.829. The average molecular weight is 313 g/mol. The molecule has 0 bridgehead atoms. The van der Waals surface area contributed by atoms with Crippen molar-refractivity contribution < 1.29 is 5.11 Å². The number of anilines is 1. The van der Waals surface area contributed by atoms with Crippen LogP contribution in [0.1, 0.15) is 12.0 Å². The molecule has 1 N–H and O–H groups in total. The molecular weight excluding hydrogens is 292 g/mol. The van der Waals surface area contributed by atoms with Gasteiger partial charge in [-0.25, -0.2) is 0 Å². The number of nitrogens with zero attached hydrogens (tertiary/aromatic N) is 2. The van der Waals surface area contributed by atoms with E-state index >= 15 is 0 Å². The Hall–Kier alpha value is -0.580. The van der Waals surface area contributed by atoms with Gasteiger partial charge in [-0.05, 0) is 38.1 Å². The molecule has 1 aliphatic rings. The Morgan fingerprint density at radius 2 is 2.17 bits per heavy atom. The minimum absolute atomic E-state index is 0.252. The number of aliphatic hydroxyl groups excluding tert-OH is 1. The number of halogens is 1. The molecule has 1 atom stereocenters. The van der Waals surface area contributed by atoms with E-state index in [2.05, 4.69) is 57.9 Å². The maximum Gasteiger partial charge on any atom is 0.0451 e. The molecule has 1 aliphatic heterocycles. The number of hydrogen-bond donors (Lipinski definition) is 1. The monoisotopic (exact) mass is 312 g/mol. The van der Waals surface area contributed by atoms with Crippen molar-refractivity contribution in [3.63, 3.8) is 0 Å². The first-order chi connectivity index (χ1) is 8.61. The van der Waals surface area contributed by atoms with E-state index in [1.807, 2.05) is 0 Å². The van der Waals surface area contributed by atoms with Crippen molar-refractivity contribution in [1.82, 2.24) is 4.90 Å². The highest BCUT2D eigenvalue weighted by Gasteiger charge is 2.25. The smallest absolute Gasteiger partial charge is 0.0451 e. The Morgan fingerprint density at radius 3 is 2.83 bits per heavy atom. The van der Waals surface area contributed by atoms with Crippen LogP contribution in [-0.2, 0) is 0 Å². The molecule has 100 valence electrons. The van der Waals surface area contributed by atoms with Crippen molar-refractivity contribution in [3.8, 4) is 0 Å². The summed E-state index contributed by atoms with van der Waals surface area (Å²) in [5.74, 6) is 0. The van der Waals surface area contributed by atoms with Gasteiger partial charge in [0.1, 0.15) is 0 Å². The number of piperazine rings is 1. The van der Waals surface area contributed by atoms with Crippen LogP contribution in [0.2, 0.25) is 0 Å². The van der Waals surface area contributed by atoms with Gasteiger partial charge in [-0.1, -0.05) is 22.0 Å². The molecule has 0 aliphatic carbocycles. The Labute approximate surface area is 118 Å². The Balaban J connectivity index is 2.20. The molecule has 1 unspecified atom stereocenters. The summed E-state index contributed by atoms with van der Waals surface area (Å²) in [5.41, 5.74) is 2.51. The molecule has 0 amide bonds. The molecular formula is C14H21BrN2O. The molecule has 1 aromatic rings. The number of rotatable bonds is 3. The fourth-order valence-corrected chi connectivity index (χ4v) is 2.87. The van der Waals surface area contributed by atoms with Crippen LogP contribution in [0.15, 0.2) is 22.7 Å². The highest BCUT2D eigenvalue weighted by molar-refractivity contribution is 9.10. The SMILES string of the molecule is Cc1ccc(N2CCN(C)CC2CCO)cc1Br. The van der Waals surface area contributed by atoms with Crippen molar-refractivity contribution in [2.45, 2.75) is 19.4 Å². The van der Waals surface area contributed by atoms with Gasteiger partial charge < -0.3 is 14.9 Å². The van der Waals surface area contributed by atoms with Gasteiger partial charge in [0.25, 0.3) is 0 Å². The molecule has 1 saturated heterocycles. The highest BCUT2D eigenvalue weighted by atomic mass is 79.9. The lowest BCUT2D eigenvalue weighted by Crippen LogP contribution is -2.52. The van der Waals surface area contributed by atoms with E-state index in [1.165, 1.54) is 11.3 Å². The molecule has 4 heteroatoms. The zero-order chi connectivity index (χ0) is 13.1. The molecule has 2 rings (SSSR count). The van der Waals surface area contributed by atoms with E-state index in [1.54, 1.807) is 0 Å². The van der Waals surface area contributed by atoms with Crippen molar-refractivity contribution in [1.29, 1.82) is 0 Å². The van der Waals surface area contributed by atoms with Crippen molar-refractivity contribution >= 4 is 21.6 Å². The Morgan fingerprint density at radius 1 is 1.39 bits per heavy atom. The summed E-state index contributed by atoms with van der Waals surface area (Å²) < 4.78 is 1.15. The molecule has 18 heavy (non-hydrogen) atoms. The second kappa shape index (κ2) is 6.04. The van der Waals surface area contributed by atoms with Gasteiger partial charge in [0, 0.05) is 42.4 Å². The molecule has 0 saturated carbocycles. The van der Waals surface area contributed by atoms with E-state index in [0.717, 1.165) is 30.5 Å². The molecule has 3 nitrogen and oxygen atoms in total. The van der Waals surface area contributed by atoms with Crippen LogP contribution in [-0.4, -0.2) is 49.3 Å². The van der Waals surface area contributed by atoms with Gasteiger partial charge in [-0.3, -0.25) is 0 Å². The van der Waals surface area contributed by atoms with Gasteiger partial charge >= 0.3 is 0 Å². The third kappa shape index (κ3) is 3.05. The maximum atomic E-state index is 9.21. The highest BCUT2D eigenvalue weighted by Crippen LogP contribution is 2.27. The number of hydrogen-bond acceptors (Lipinski definition) is 3. The molecule has 0 spiro atoms. The topological polar surface area (TPSA) is 26.7 Å². The molecule has 1 heterocycles.